The fourth-order valence-corrected chi connectivity index (χ4v) is 1.11. The van der Waals surface area contributed by atoms with Crippen molar-refractivity contribution in [3.8, 4) is 0 Å². The molecule has 0 saturated carbocycles. The number of hydrogen-bond donors (Lipinski definition) is 1. The van der Waals surface area contributed by atoms with Gasteiger partial charge in [0.15, 0.2) is 0 Å². The van der Waals surface area contributed by atoms with E-state index in [1.165, 1.54) is 11.1 Å². The third-order valence-corrected chi connectivity index (χ3v) is 1.78. The molecule has 64 valence electrons. The third kappa shape index (κ3) is 2.42. The second kappa shape index (κ2) is 3.96. The normalized spacial score (nSPS) is 11.7. The Kier molecular flexibility index (Phi) is 2.92. The number of nitrogens with two attached hydrogens (primary N) is 1. The minimum Gasteiger partial charge on any atom is -0.402 e. The molecule has 1 rings (SSSR count). The van der Waals surface area contributed by atoms with Crippen LogP contribution in [0, 0.1) is 0 Å². The van der Waals surface area contributed by atoms with Crippen molar-refractivity contribution in [3.63, 3.8) is 0 Å². The van der Waals surface area contributed by atoms with E-state index in [0.29, 0.717) is 0 Å². The number of allylic oxidation sites excluding steroid dienone is 1. The Morgan fingerprint density at radius 2 is 1.92 bits per heavy atom. The highest BCUT2D eigenvalue weighted by Gasteiger charge is 1.89. The molecule has 0 heterocycles. The van der Waals surface area contributed by atoms with Gasteiger partial charge in [0.1, 0.15) is 0 Å². The second-order valence-electron chi connectivity index (χ2n) is 2.98. The molecule has 1 heteroatoms. The van der Waals surface area contributed by atoms with Gasteiger partial charge in [0.25, 0.3) is 0 Å². The van der Waals surface area contributed by atoms with E-state index in [0.717, 1.165) is 12.1 Å². The lowest BCUT2D eigenvalue weighted by Gasteiger charge is -1.97. The maximum Gasteiger partial charge on any atom is 0.00548 e. The van der Waals surface area contributed by atoms with Crippen LogP contribution in [0.4, 0.5) is 0 Å². The highest BCUT2D eigenvalue weighted by Crippen LogP contribution is 2.07. The number of aryl methyl sites for hydroxylation is 1. The Morgan fingerprint density at radius 1 is 1.33 bits per heavy atom. The summed E-state index contributed by atoms with van der Waals surface area (Å²) in [5, 5.41) is 0. The first-order valence-corrected chi connectivity index (χ1v) is 4.25. The Morgan fingerprint density at radius 3 is 2.33 bits per heavy atom. The molecule has 0 amide bonds. The van der Waals surface area contributed by atoms with E-state index < -0.39 is 0 Å². The van der Waals surface area contributed by atoms with Crippen LogP contribution < -0.4 is 5.73 Å². The van der Waals surface area contributed by atoms with E-state index >= 15 is 0 Å². The molecule has 1 nitrogen and oxygen atoms in total. The lowest BCUT2D eigenvalue weighted by atomic mass is 10.1. The number of benzene rings is 1. The van der Waals surface area contributed by atoms with Gasteiger partial charge in [0.05, 0.1) is 0 Å². The molecule has 0 aliphatic rings. The van der Waals surface area contributed by atoms with Gasteiger partial charge in [-0.05, 0) is 30.5 Å². The average Bonchev–Trinajstić information content (AvgIpc) is 2.05. The first-order chi connectivity index (χ1) is 5.72. The van der Waals surface area contributed by atoms with E-state index in [1.54, 1.807) is 0 Å². The molecule has 0 atom stereocenters. The zero-order chi connectivity index (χ0) is 8.97. The lowest BCUT2D eigenvalue weighted by molar-refractivity contribution is 1.14. The molecule has 0 bridgehead atoms. The zero-order valence-corrected chi connectivity index (χ0v) is 7.67. The van der Waals surface area contributed by atoms with Crippen molar-refractivity contribution < 1.29 is 0 Å². The number of rotatable bonds is 2. The van der Waals surface area contributed by atoms with Gasteiger partial charge in [0, 0.05) is 5.70 Å². The minimum absolute atomic E-state index is 0.847. The summed E-state index contributed by atoms with van der Waals surface area (Å²) in [5.41, 5.74) is 8.94. The van der Waals surface area contributed by atoms with Gasteiger partial charge < -0.3 is 5.73 Å². The monoisotopic (exact) mass is 161 g/mol. The van der Waals surface area contributed by atoms with Crippen molar-refractivity contribution >= 4 is 6.08 Å². The molecule has 12 heavy (non-hydrogen) atoms. The first-order valence-electron chi connectivity index (χ1n) is 4.25. The van der Waals surface area contributed by atoms with Crippen LogP contribution in [0.5, 0.6) is 0 Å². The summed E-state index contributed by atoms with van der Waals surface area (Å²) in [6.07, 6.45) is 3.06. The van der Waals surface area contributed by atoms with Crippen molar-refractivity contribution in [3.05, 3.63) is 41.1 Å². The van der Waals surface area contributed by atoms with Crippen molar-refractivity contribution in [2.45, 2.75) is 20.3 Å². The summed E-state index contributed by atoms with van der Waals surface area (Å²) in [6, 6.07) is 8.45. The van der Waals surface area contributed by atoms with E-state index in [9.17, 15) is 0 Å². The predicted molar refractivity (Wildman–Crippen MR) is 53.7 cm³/mol. The molecule has 0 radical (unpaired) electrons. The van der Waals surface area contributed by atoms with Gasteiger partial charge in [-0.3, -0.25) is 0 Å². The third-order valence-electron chi connectivity index (χ3n) is 1.78. The fourth-order valence-electron chi connectivity index (χ4n) is 1.11. The Balaban J connectivity index is 2.85. The van der Waals surface area contributed by atoms with Gasteiger partial charge in [-0.2, -0.15) is 0 Å². The van der Waals surface area contributed by atoms with Crippen LogP contribution in [0.15, 0.2) is 30.0 Å². The molecule has 2 N–H and O–H groups in total. The maximum atomic E-state index is 5.56. The molecule has 0 spiro atoms. The maximum absolute atomic E-state index is 5.56. The molecular weight excluding hydrogens is 146 g/mol. The Labute approximate surface area is 73.9 Å². The van der Waals surface area contributed by atoms with Crippen molar-refractivity contribution in [2.24, 2.45) is 5.73 Å². The molecule has 0 fully saturated rings. The summed E-state index contributed by atoms with van der Waals surface area (Å²) in [5.74, 6) is 0. The highest BCUT2D eigenvalue weighted by atomic mass is 14.5. The molecule has 0 aromatic heterocycles. The minimum atomic E-state index is 0.847. The lowest BCUT2D eigenvalue weighted by Crippen LogP contribution is -1.89. The molecule has 0 aliphatic carbocycles. The van der Waals surface area contributed by atoms with Gasteiger partial charge in [0.2, 0.25) is 0 Å². The van der Waals surface area contributed by atoms with Gasteiger partial charge in [-0.15, -0.1) is 0 Å². The zero-order valence-electron chi connectivity index (χ0n) is 7.67. The SMILES string of the molecule is CCc1ccc(/C=C(/C)N)cc1. The molecule has 0 saturated heterocycles. The standard InChI is InChI=1S/C11H15N/c1-3-10-4-6-11(7-5-10)8-9(2)12/h4-8H,3,12H2,1-2H3/b9-8-. The van der Waals surface area contributed by atoms with Crippen molar-refractivity contribution in [1.82, 2.24) is 0 Å². The van der Waals surface area contributed by atoms with E-state index in [4.69, 9.17) is 5.73 Å². The summed E-state index contributed by atoms with van der Waals surface area (Å²) in [6.45, 7) is 4.05. The van der Waals surface area contributed by atoms with E-state index in [2.05, 4.69) is 31.2 Å². The van der Waals surface area contributed by atoms with Crippen LogP contribution in [-0.2, 0) is 6.42 Å². The molecule has 1 aromatic rings. The molecule has 0 unspecified atom stereocenters. The van der Waals surface area contributed by atoms with Crippen molar-refractivity contribution in [2.75, 3.05) is 0 Å². The fraction of sp³-hybridized carbons (Fsp3) is 0.273. The van der Waals surface area contributed by atoms with Gasteiger partial charge >= 0.3 is 0 Å². The quantitative estimate of drug-likeness (QED) is 0.708. The Bertz CT molecular complexity index is 266. The average molecular weight is 161 g/mol. The smallest absolute Gasteiger partial charge is 0.00548 e. The summed E-state index contributed by atoms with van der Waals surface area (Å²) in [7, 11) is 0. The van der Waals surface area contributed by atoms with E-state index in [1.807, 2.05) is 13.0 Å². The van der Waals surface area contributed by atoms with Crippen LogP contribution in [0.3, 0.4) is 0 Å². The summed E-state index contributed by atoms with van der Waals surface area (Å²) >= 11 is 0. The summed E-state index contributed by atoms with van der Waals surface area (Å²) < 4.78 is 0. The topological polar surface area (TPSA) is 26.0 Å². The van der Waals surface area contributed by atoms with E-state index in [-0.39, 0.29) is 0 Å². The van der Waals surface area contributed by atoms with Crippen LogP contribution in [0.2, 0.25) is 0 Å². The largest absolute Gasteiger partial charge is 0.402 e. The van der Waals surface area contributed by atoms with Gasteiger partial charge in [-0.1, -0.05) is 31.2 Å². The van der Waals surface area contributed by atoms with Crippen LogP contribution >= 0.6 is 0 Å². The van der Waals surface area contributed by atoms with Crippen LogP contribution in [-0.4, -0.2) is 0 Å². The predicted octanol–water partition coefficient (Wildman–Crippen LogP) is 2.57. The highest BCUT2D eigenvalue weighted by molar-refractivity contribution is 5.51. The van der Waals surface area contributed by atoms with Gasteiger partial charge in [-0.25, -0.2) is 0 Å². The van der Waals surface area contributed by atoms with Crippen LogP contribution in [0.1, 0.15) is 25.0 Å². The number of hydrogen-bond acceptors (Lipinski definition) is 1. The molecule has 0 aliphatic heterocycles. The molecule has 1 aromatic carbocycles. The Hall–Kier alpha value is -1.24. The molecular formula is C11H15N. The second-order valence-corrected chi connectivity index (χ2v) is 2.98. The summed E-state index contributed by atoms with van der Waals surface area (Å²) in [4.78, 5) is 0. The van der Waals surface area contributed by atoms with Crippen molar-refractivity contribution in [1.29, 1.82) is 0 Å². The first kappa shape index (κ1) is 8.85. The van der Waals surface area contributed by atoms with Crippen LogP contribution in [0.25, 0.3) is 6.08 Å².